The van der Waals surface area contributed by atoms with Crippen molar-refractivity contribution in [2.45, 2.75) is 39.3 Å². The summed E-state index contributed by atoms with van der Waals surface area (Å²) in [6, 6.07) is 1.83. The molecule has 0 aliphatic heterocycles. The number of hydrogen-bond acceptors (Lipinski definition) is 4. The Hall–Kier alpha value is -1.33. The minimum absolute atomic E-state index is 0.0207. The lowest BCUT2D eigenvalue weighted by Crippen LogP contribution is -2.45. The normalized spacial score (nSPS) is 16.5. The SMILES string of the molecule is Cc1cc(C(C)NCC(C)(O)C(=O)O)c(C)o1. The predicted molar refractivity (Wildman–Crippen MR) is 62.9 cm³/mol. The van der Waals surface area contributed by atoms with Crippen molar-refractivity contribution in [1.82, 2.24) is 5.32 Å². The molecule has 0 radical (unpaired) electrons. The van der Waals surface area contributed by atoms with Gasteiger partial charge in [-0.1, -0.05) is 0 Å². The van der Waals surface area contributed by atoms with Crippen LogP contribution in [0.25, 0.3) is 0 Å². The zero-order valence-corrected chi connectivity index (χ0v) is 10.6. The molecular formula is C12H19NO4. The van der Waals surface area contributed by atoms with Gasteiger partial charge in [0.05, 0.1) is 0 Å². The molecule has 17 heavy (non-hydrogen) atoms. The van der Waals surface area contributed by atoms with E-state index >= 15 is 0 Å². The highest BCUT2D eigenvalue weighted by atomic mass is 16.4. The summed E-state index contributed by atoms with van der Waals surface area (Å²) >= 11 is 0. The molecule has 3 N–H and O–H groups in total. The third-order valence-corrected chi connectivity index (χ3v) is 2.76. The van der Waals surface area contributed by atoms with E-state index in [0.717, 1.165) is 17.1 Å². The number of carbonyl (C=O) groups is 1. The second-order valence-corrected chi connectivity index (χ2v) is 4.55. The summed E-state index contributed by atoms with van der Waals surface area (Å²) < 4.78 is 5.40. The van der Waals surface area contributed by atoms with E-state index in [4.69, 9.17) is 9.52 Å². The first-order valence-corrected chi connectivity index (χ1v) is 5.50. The molecule has 1 heterocycles. The Kier molecular flexibility index (Phi) is 3.95. The van der Waals surface area contributed by atoms with Crippen LogP contribution in [0.15, 0.2) is 10.5 Å². The van der Waals surface area contributed by atoms with Gasteiger partial charge in [-0.25, -0.2) is 4.79 Å². The number of carboxylic acids is 1. The third-order valence-electron chi connectivity index (χ3n) is 2.76. The van der Waals surface area contributed by atoms with Crippen molar-refractivity contribution < 1.29 is 19.4 Å². The lowest BCUT2D eigenvalue weighted by molar-refractivity contribution is -0.156. The largest absolute Gasteiger partial charge is 0.479 e. The molecule has 0 bridgehead atoms. The summed E-state index contributed by atoms with van der Waals surface area (Å²) in [5, 5.41) is 21.3. The van der Waals surface area contributed by atoms with Crippen molar-refractivity contribution in [1.29, 1.82) is 0 Å². The number of nitrogens with one attached hydrogen (secondary N) is 1. The van der Waals surface area contributed by atoms with Gasteiger partial charge in [0.2, 0.25) is 0 Å². The molecule has 96 valence electrons. The first-order chi connectivity index (χ1) is 7.74. The van der Waals surface area contributed by atoms with Crippen LogP contribution < -0.4 is 5.32 Å². The molecule has 1 aromatic heterocycles. The van der Waals surface area contributed by atoms with E-state index in [-0.39, 0.29) is 12.6 Å². The zero-order valence-electron chi connectivity index (χ0n) is 10.6. The van der Waals surface area contributed by atoms with E-state index in [0.29, 0.717) is 0 Å². The van der Waals surface area contributed by atoms with Crippen molar-refractivity contribution in [3.05, 3.63) is 23.2 Å². The topological polar surface area (TPSA) is 82.7 Å². The fourth-order valence-electron chi connectivity index (χ4n) is 1.62. The van der Waals surface area contributed by atoms with Gasteiger partial charge in [0.1, 0.15) is 11.5 Å². The lowest BCUT2D eigenvalue weighted by atomic mass is 10.1. The molecule has 5 heteroatoms. The smallest absolute Gasteiger partial charge is 0.336 e. The van der Waals surface area contributed by atoms with Crippen LogP contribution in [0.4, 0.5) is 0 Å². The van der Waals surface area contributed by atoms with Gasteiger partial charge in [-0.3, -0.25) is 0 Å². The molecule has 0 saturated heterocycles. The van der Waals surface area contributed by atoms with Crippen LogP contribution in [0, 0.1) is 13.8 Å². The quantitative estimate of drug-likeness (QED) is 0.725. The standard InChI is InChI=1S/C12H19NO4/c1-7-5-10(9(3)17-7)8(2)13-6-12(4,16)11(14)15/h5,8,13,16H,6H2,1-4H3,(H,14,15). The molecular weight excluding hydrogens is 222 g/mol. The lowest BCUT2D eigenvalue weighted by Gasteiger charge is -2.21. The molecule has 0 aromatic carbocycles. The Morgan fingerprint density at radius 2 is 2.18 bits per heavy atom. The Morgan fingerprint density at radius 3 is 2.59 bits per heavy atom. The van der Waals surface area contributed by atoms with Crippen LogP contribution in [0.1, 0.15) is 37.0 Å². The van der Waals surface area contributed by atoms with Crippen molar-refractivity contribution in [3.8, 4) is 0 Å². The van der Waals surface area contributed by atoms with Gasteiger partial charge < -0.3 is 19.9 Å². The van der Waals surface area contributed by atoms with Crippen molar-refractivity contribution in [2.24, 2.45) is 0 Å². The zero-order chi connectivity index (χ0) is 13.2. The van der Waals surface area contributed by atoms with Gasteiger partial charge in [0.15, 0.2) is 5.60 Å². The molecule has 0 aliphatic rings. The van der Waals surface area contributed by atoms with Crippen molar-refractivity contribution in [3.63, 3.8) is 0 Å². The highest BCUT2D eigenvalue weighted by Crippen LogP contribution is 2.21. The highest BCUT2D eigenvalue weighted by molar-refractivity contribution is 5.76. The first-order valence-electron chi connectivity index (χ1n) is 5.50. The minimum atomic E-state index is -1.76. The van der Waals surface area contributed by atoms with Crippen LogP contribution >= 0.6 is 0 Å². The highest BCUT2D eigenvalue weighted by Gasteiger charge is 2.30. The van der Waals surface area contributed by atoms with Crippen LogP contribution in [-0.2, 0) is 4.79 Å². The molecule has 0 aliphatic carbocycles. The summed E-state index contributed by atoms with van der Waals surface area (Å²) in [5.41, 5.74) is -0.787. The fourth-order valence-corrected chi connectivity index (χ4v) is 1.62. The van der Waals surface area contributed by atoms with Gasteiger partial charge in [-0.05, 0) is 33.8 Å². The first kappa shape index (κ1) is 13.7. The van der Waals surface area contributed by atoms with Crippen molar-refractivity contribution in [2.75, 3.05) is 6.54 Å². The van der Waals surface area contributed by atoms with Gasteiger partial charge >= 0.3 is 5.97 Å². The number of aliphatic carboxylic acids is 1. The Morgan fingerprint density at radius 1 is 1.59 bits per heavy atom. The molecule has 0 spiro atoms. The van der Waals surface area contributed by atoms with E-state index in [9.17, 15) is 9.90 Å². The molecule has 1 aromatic rings. The van der Waals surface area contributed by atoms with Gasteiger partial charge in [-0.2, -0.15) is 0 Å². The summed E-state index contributed by atoms with van der Waals surface area (Å²) in [6.07, 6.45) is 0. The summed E-state index contributed by atoms with van der Waals surface area (Å²) in [4.78, 5) is 10.7. The number of furan rings is 1. The van der Waals surface area contributed by atoms with Gasteiger partial charge in [0.25, 0.3) is 0 Å². The van der Waals surface area contributed by atoms with E-state index in [1.165, 1.54) is 6.92 Å². The van der Waals surface area contributed by atoms with Crippen LogP contribution in [0.5, 0.6) is 0 Å². The summed E-state index contributed by atoms with van der Waals surface area (Å²) in [6.45, 7) is 6.86. The number of rotatable bonds is 5. The predicted octanol–water partition coefficient (Wildman–Crippen LogP) is 1.38. The number of hydrogen-bond donors (Lipinski definition) is 3. The monoisotopic (exact) mass is 241 g/mol. The Labute approximate surface area is 100 Å². The fraction of sp³-hybridized carbons (Fsp3) is 0.583. The summed E-state index contributed by atoms with van der Waals surface area (Å²) in [7, 11) is 0. The molecule has 1 rings (SSSR count). The average molecular weight is 241 g/mol. The van der Waals surface area contributed by atoms with Crippen LogP contribution in [0.2, 0.25) is 0 Å². The second kappa shape index (κ2) is 4.89. The molecule has 2 atom stereocenters. The van der Waals surface area contributed by atoms with Gasteiger partial charge in [0, 0.05) is 18.2 Å². The van der Waals surface area contributed by atoms with E-state index in [1.54, 1.807) is 0 Å². The number of aliphatic hydroxyl groups is 1. The minimum Gasteiger partial charge on any atom is -0.479 e. The van der Waals surface area contributed by atoms with E-state index in [1.807, 2.05) is 26.8 Å². The number of carboxylic acid groups (broad SMARTS) is 1. The second-order valence-electron chi connectivity index (χ2n) is 4.55. The van der Waals surface area contributed by atoms with E-state index in [2.05, 4.69) is 5.32 Å². The molecule has 0 fully saturated rings. The van der Waals surface area contributed by atoms with Crippen LogP contribution in [0.3, 0.4) is 0 Å². The Bertz CT molecular complexity index is 409. The third kappa shape index (κ3) is 3.31. The molecule has 5 nitrogen and oxygen atoms in total. The number of aryl methyl sites for hydroxylation is 2. The Balaban J connectivity index is 2.65. The molecule has 0 amide bonds. The van der Waals surface area contributed by atoms with Crippen molar-refractivity contribution >= 4 is 5.97 Å². The maximum absolute atomic E-state index is 10.7. The molecule has 0 saturated carbocycles. The maximum atomic E-state index is 10.7. The molecule has 2 unspecified atom stereocenters. The van der Waals surface area contributed by atoms with Crippen LogP contribution in [-0.4, -0.2) is 28.3 Å². The average Bonchev–Trinajstić information content (AvgIpc) is 2.54. The van der Waals surface area contributed by atoms with Gasteiger partial charge in [-0.15, -0.1) is 0 Å². The maximum Gasteiger partial charge on any atom is 0.336 e. The van der Waals surface area contributed by atoms with E-state index < -0.39 is 11.6 Å². The summed E-state index contributed by atoms with van der Waals surface area (Å²) in [5.74, 6) is 0.380.